The molecule has 0 heterocycles. The monoisotopic (exact) mass is 568 g/mol. The maximum atomic E-state index is 10.9. The Bertz CT molecular complexity index is 808. The summed E-state index contributed by atoms with van der Waals surface area (Å²) in [5, 5.41) is 10.9. The fourth-order valence-corrected chi connectivity index (χ4v) is 3.96. The first-order valence-corrected chi connectivity index (χ1v) is 15.6. The van der Waals surface area contributed by atoms with Gasteiger partial charge in [0.2, 0.25) is 0 Å². The summed E-state index contributed by atoms with van der Waals surface area (Å²) in [5.41, 5.74) is 3.10. The molecule has 0 saturated heterocycles. The second-order valence-electron chi connectivity index (χ2n) is 10.0. The van der Waals surface area contributed by atoms with Crippen LogP contribution in [0.1, 0.15) is 91.9 Å². The lowest BCUT2D eigenvalue weighted by Crippen LogP contribution is -2.50. The van der Waals surface area contributed by atoms with Crippen LogP contribution < -0.4 is 5.48 Å². The topological polar surface area (TPSA) is 54.0 Å². The minimum absolute atomic E-state index is 0.00927. The average Bonchev–Trinajstić information content (AvgIpc) is 2.97. The van der Waals surface area contributed by atoms with Crippen LogP contribution in [-0.4, -0.2) is 48.8 Å². The molecule has 0 bridgehead atoms. The van der Waals surface area contributed by atoms with Crippen LogP contribution in [0, 0.1) is 0 Å². The van der Waals surface area contributed by atoms with E-state index in [-0.39, 0.29) is 18.9 Å². The van der Waals surface area contributed by atoms with Gasteiger partial charge in [0.25, 0.3) is 0 Å². The molecule has 0 spiro atoms. The van der Waals surface area contributed by atoms with E-state index in [4.69, 9.17) is 9.57 Å². The number of aliphatic hydroxyl groups excluding tert-OH is 1. The predicted molar refractivity (Wildman–Crippen MR) is 178 cm³/mol. The molecular weight excluding hydrogens is 508 g/mol. The highest BCUT2D eigenvalue weighted by Gasteiger charge is 2.25. The van der Waals surface area contributed by atoms with Gasteiger partial charge in [-0.3, -0.25) is 9.74 Å². The van der Waals surface area contributed by atoms with Gasteiger partial charge in [0, 0.05) is 18.7 Å². The minimum Gasteiger partial charge on any atom is -0.378 e. The minimum atomic E-state index is -0.518. The molecule has 0 saturated carbocycles. The molecule has 232 valence electrons. The molecule has 0 radical (unpaired) electrons. The van der Waals surface area contributed by atoms with Crippen LogP contribution in [0.15, 0.2) is 97.2 Å². The summed E-state index contributed by atoms with van der Waals surface area (Å²) in [6.45, 7) is 9.20. The summed E-state index contributed by atoms with van der Waals surface area (Å²) in [4.78, 5) is 7.56. The SMILES string of the molecule is C\C=C/C=C\C=C\CC([C@@H](C)NOCOCCC)N(C)C(O)CCC/C=C\C/C=C\C/C=C\C/C=C\C/C=C\CC. The standard InChI is InChI=1S/C36H60N2O3/c1-6-9-11-13-15-16-17-18-19-20-21-22-23-24-25-27-29-31-36(39)38(5)35(30-28-26-14-12-10-7-2)34(4)37-41-33-40-32-8-3/h7,9-12,14-16,18-19,21-22,24-26,28,34-37,39H,6,8,13,17,20,23,27,29-33H2,1-5H3/b10-7-,11-9-,14-12-,16-15-,19-18-,22-21-,25-24-,28-26+/t34-,35?,36?/m1/s1. The van der Waals surface area contributed by atoms with Crippen molar-refractivity contribution in [3.05, 3.63) is 97.2 Å². The number of nitrogens with one attached hydrogen (secondary N) is 1. The van der Waals surface area contributed by atoms with Gasteiger partial charge in [0.05, 0.1) is 0 Å². The number of unbranched alkanes of at least 4 members (excludes halogenated alkanes) is 1. The molecule has 0 aromatic rings. The summed E-state index contributed by atoms with van der Waals surface area (Å²) < 4.78 is 5.41. The van der Waals surface area contributed by atoms with E-state index in [2.05, 4.69) is 93.1 Å². The number of hydrogen-bond donors (Lipinski definition) is 2. The number of aliphatic hydroxyl groups is 1. The second-order valence-corrected chi connectivity index (χ2v) is 10.0. The van der Waals surface area contributed by atoms with Crippen LogP contribution in [0.5, 0.6) is 0 Å². The van der Waals surface area contributed by atoms with Gasteiger partial charge in [-0.25, -0.2) is 0 Å². The van der Waals surface area contributed by atoms with Crippen LogP contribution in [-0.2, 0) is 9.57 Å². The molecule has 0 aliphatic rings. The molecule has 0 fully saturated rings. The summed E-state index contributed by atoms with van der Waals surface area (Å²) >= 11 is 0. The Balaban J connectivity index is 4.43. The Hall–Kier alpha value is -2.28. The first-order chi connectivity index (χ1) is 20.1. The molecule has 5 heteroatoms. The zero-order valence-electron chi connectivity index (χ0n) is 26.7. The highest BCUT2D eigenvalue weighted by molar-refractivity contribution is 5.11. The van der Waals surface area contributed by atoms with Crippen molar-refractivity contribution in [2.75, 3.05) is 20.4 Å². The summed E-state index contributed by atoms with van der Waals surface area (Å²) in [6.07, 6.45) is 43.3. The Labute approximate surface area is 252 Å². The van der Waals surface area contributed by atoms with Crippen molar-refractivity contribution in [2.45, 2.75) is 110 Å². The highest BCUT2D eigenvalue weighted by Crippen LogP contribution is 2.15. The fraction of sp³-hybridized carbons (Fsp3) is 0.556. The number of allylic oxidation sites excluding steroid dienone is 15. The molecule has 0 rings (SSSR count). The van der Waals surface area contributed by atoms with Crippen molar-refractivity contribution < 1.29 is 14.7 Å². The molecule has 41 heavy (non-hydrogen) atoms. The van der Waals surface area contributed by atoms with E-state index in [1.807, 2.05) is 49.3 Å². The Morgan fingerprint density at radius 3 is 1.95 bits per heavy atom. The van der Waals surface area contributed by atoms with Gasteiger partial charge in [0.1, 0.15) is 6.23 Å². The number of hydroxylamine groups is 1. The first-order valence-electron chi connectivity index (χ1n) is 15.6. The molecule has 2 unspecified atom stereocenters. The van der Waals surface area contributed by atoms with Crippen LogP contribution >= 0.6 is 0 Å². The molecule has 2 N–H and O–H groups in total. The smallest absolute Gasteiger partial charge is 0.166 e. The third kappa shape index (κ3) is 25.2. The summed E-state index contributed by atoms with van der Waals surface area (Å²) in [5.74, 6) is 0. The van der Waals surface area contributed by atoms with Crippen LogP contribution in [0.2, 0.25) is 0 Å². The molecule has 3 atom stereocenters. The first kappa shape index (κ1) is 38.7. The Kier molecular flexibility index (Phi) is 29.0. The summed E-state index contributed by atoms with van der Waals surface area (Å²) in [7, 11) is 1.99. The van der Waals surface area contributed by atoms with Crippen molar-refractivity contribution in [3.63, 3.8) is 0 Å². The molecule has 0 aliphatic carbocycles. The van der Waals surface area contributed by atoms with Gasteiger partial charge in [-0.05, 0) is 85.1 Å². The predicted octanol–water partition coefficient (Wildman–Crippen LogP) is 8.90. The molecular formula is C36H60N2O3. The van der Waals surface area contributed by atoms with E-state index in [1.165, 1.54) is 0 Å². The fourth-order valence-electron chi connectivity index (χ4n) is 3.96. The van der Waals surface area contributed by atoms with Gasteiger partial charge in [-0.1, -0.05) is 111 Å². The zero-order chi connectivity index (χ0) is 30.2. The molecule has 0 aliphatic heterocycles. The molecule has 5 nitrogen and oxygen atoms in total. The summed E-state index contributed by atoms with van der Waals surface area (Å²) in [6, 6.07) is 0.0752. The quantitative estimate of drug-likeness (QED) is 0.0359. The number of nitrogens with zero attached hydrogens (tertiary/aromatic N) is 1. The molecule has 0 aromatic heterocycles. The maximum Gasteiger partial charge on any atom is 0.166 e. The van der Waals surface area contributed by atoms with Crippen molar-refractivity contribution in [3.8, 4) is 0 Å². The van der Waals surface area contributed by atoms with Gasteiger partial charge < -0.3 is 9.84 Å². The van der Waals surface area contributed by atoms with Gasteiger partial charge in [-0.2, -0.15) is 5.48 Å². The Morgan fingerprint density at radius 2 is 1.37 bits per heavy atom. The lowest BCUT2D eigenvalue weighted by molar-refractivity contribution is -0.121. The molecule has 0 amide bonds. The third-order valence-electron chi connectivity index (χ3n) is 6.36. The number of rotatable bonds is 26. The van der Waals surface area contributed by atoms with Crippen LogP contribution in [0.3, 0.4) is 0 Å². The third-order valence-corrected chi connectivity index (χ3v) is 6.36. The zero-order valence-corrected chi connectivity index (χ0v) is 26.7. The van der Waals surface area contributed by atoms with Crippen molar-refractivity contribution in [2.24, 2.45) is 0 Å². The van der Waals surface area contributed by atoms with E-state index in [1.54, 1.807) is 0 Å². The lowest BCUT2D eigenvalue weighted by atomic mass is 10.0. The van der Waals surface area contributed by atoms with E-state index in [0.717, 1.165) is 64.2 Å². The number of hydrogen-bond acceptors (Lipinski definition) is 5. The van der Waals surface area contributed by atoms with Crippen LogP contribution in [0.25, 0.3) is 0 Å². The van der Waals surface area contributed by atoms with E-state index in [9.17, 15) is 5.11 Å². The average molecular weight is 569 g/mol. The molecule has 0 aromatic carbocycles. The number of ether oxygens (including phenoxy) is 1. The Morgan fingerprint density at radius 1 is 0.780 bits per heavy atom. The van der Waals surface area contributed by atoms with Gasteiger partial charge in [0.15, 0.2) is 6.79 Å². The maximum absolute atomic E-state index is 10.9. The highest BCUT2D eigenvalue weighted by atomic mass is 16.8. The van der Waals surface area contributed by atoms with Crippen molar-refractivity contribution in [1.29, 1.82) is 0 Å². The normalized spacial score (nSPS) is 15.7. The second kappa shape index (κ2) is 30.7. The van der Waals surface area contributed by atoms with Crippen molar-refractivity contribution in [1.82, 2.24) is 10.4 Å². The van der Waals surface area contributed by atoms with Crippen molar-refractivity contribution >= 4 is 0 Å². The largest absolute Gasteiger partial charge is 0.378 e. The van der Waals surface area contributed by atoms with Gasteiger partial charge in [-0.15, -0.1) is 0 Å². The van der Waals surface area contributed by atoms with E-state index >= 15 is 0 Å². The van der Waals surface area contributed by atoms with Gasteiger partial charge >= 0.3 is 0 Å². The van der Waals surface area contributed by atoms with E-state index in [0.29, 0.717) is 6.61 Å². The van der Waals surface area contributed by atoms with E-state index < -0.39 is 6.23 Å². The lowest BCUT2D eigenvalue weighted by Gasteiger charge is -2.35. The number of likely N-dealkylation sites (N-methyl/N-ethyl adjacent to an activating group) is 1. The van der Waals surface area contributed by atoms with Crippen LogP contribution in [0.4, 0.5) is 0 Å².